The topological polar surface area (TPSA) is 70.7 Å². The van der Waals surface area contributed by atoms with Gasteiger partial charge in [-0.25, -0.2) is 0 Å². The molecule has 2 aliphatic heterocycles. The predicted octanol–water partition coefficient (Wildman–Crippen LogP) is -0.476. The summed E-state index contributed by atoms with van der Waals surface area (Å²) in [4.78, 5) is 25.4. The molecule has 6 nitrogen and oxygen atoms in total. The Balaban J connectivity index is 0.00000180. The van der Waals surface area contributed by atoms with Crippen molar-refractivity contribution in [1.82, 2.24) is 15.5 Å². The molecule has 2 heterocycles. The summed E-state index contributed by atoms with van der Waals surface area (Å²) in [5, 5.41) is 6.16. The molecule has 0 spiro atoms. The van der Waals surface area contributed by atoms with Crippen LogP contribution in [0, 0.1) is 0 Å². The Kier molecular flexibility index (Phi) is 5.58. The van der Waals surface area contributed by atoms with Gasteiger partial charge in [0.05, 0.1) is 6.04 Å². The molecule has 0 aromatic carbocycles. The number of rotatable bonds is 3. The highest BCUT2D eigenvalue weighted by atomic mass is 35.5. The third-order valence-electron chi connectivity index (χ3n) is 3.89. The van der Waals surface area contributed by atoms with Crippen molar-refractivity contribution in [3.8, 4) is 0 Å². The van der Waals surface area contributed by atoms with Crippen LogP contribution in [0.1, 0.15) is 19.3 Å². The summed E-state index contributed by atoms with van der Waals surface area (Å²) in [5.74, 6) is -0.00308. The molecule has 2 rings (SSSR count). The summed E-state index contributed by atoms with van der Waals surface area (Å²) < 4.78 is 5.45. The zero-order valence-corrected chi connectivity index (χ0v) is 12.2. The van der Waals surface area contributed by atoms with Crippen molar-refractivity contribution in [3.05, 3.63) is 0 Å². The molecule has 7 heteroatoms. The van der Waals surface area contributed by atoms with Crippen molar-refractivity contribution in [2.45, 2.75) is 30.9 Å². The third kappa shape index (κ3) is 3.38. The monoisotopic (exact) mass is 291 g/mol. The number of carbonyl (C=O) groups is 2. The summed E-state index contributed by atoms with van der Waals surface area (Å²) in [6, 6.07) is -0.0862. The van der Waals surface area contributed by atoms with Crippen LogP contribution in [0.3, 0.4) is 0 Å². The van der Waals surface area contributed by atoms with E-state index < -0.39 is 5.60 Å². The van der Waals surface area contributed by atoms with Crippen LogP contribution in [0.4, 0.5) is 0 Å². The van der Waals surface area contributed by atoms with Gasteiger partial charge in [0, 0.05) is 27.1 Å². The molecular formula is C12H22ClN3O3. The zero-order valence-electron chi connectivity index (χ0n) is 11.4. The quantitative estimate of drug-likeness (QED) is 0.737. The zero-order chi connectivity index (χ0) is 13.2. The largest absolute Gasteiger partial charge is 0.368 e. The minimum absolute atomic E-state index is 0. The van der Waals surface area contributed by atoms with E-state index in [0.717, 1.165) is 13.1 Å². The molecule has 19 heavy (non-hydrogen) atoms. The number of likely N-dealkylation sites (tertiary alicyclic amines) is 1. The van der Waals surface area contributed by atoms with Gasteiger partial charge in [-0.15, -0.1) is 12.4 Å². The Morgan fingerprint density at radius 3 is 2.58 bits per heavy atom. The molecule has 2 saturated heterocycles. The fraction of sp³-hybridized carbons (Fsp3) is 0.833. The molecule has 2 fully saturated rings. The van der Waals surface area contributed by atoms with Gasteiger partial charge in [-0.2, -0.15) is 0 Å². The van der Waals surface area contributed by atoms with E-state index in [-0.39, 0.29) is 30.3 Å². The number of likely N-dealkylation sites (N-methyl/N-ethyl adjacent to an activating group) is 1. The Morgan fingerprint density at radius 2 is 2.11 bits per heavy atom. The summed E-state index contributed by atoms with van der Waals surface area (Å²) in [5.41, 5.74) is -0.727. The smallest absolute Gasteiger partial charge is 0.252 e. The average molecular weight is 292 g/mol. The van der Waals surface area contributed by atoms with E-state index in [1.807, 2.05) is 0 Å². The van der Waals surface area contributed by atoms with Gasteiger partial charge >= 0.3 is 0 Å². The molecule has 1 unspecified atom stereocenters. The minimum atomic E-state index is -0.727. The minimum Gasteiger partial charge on any atom is -0.368 e. The van der Waals surface area contributed by atoms with E-state index in [4.69, 9.17) is 4.74 Å². The molecule has 2 aliphatic rings. The lowest BCUT2D eigenvalue weighted by molar-refractivity contribution is -0.147. The van der Waals surface area contributed by atoms with E-state index in [1.165, 1.54) is 0 Å². The Hall–Kier alpha value is -0.850. The second-order valence-corrected chi connectivity index (χ2v) is 5.10. The van der Waals surface area contributed by atoms with Gasteiger partial charge in [0.15, 0.2) is 0 Å². The number of ether oxygens (including phenoxy) is 1. The second kappa shape index (κ2) is 6.54. The maximum absolute atomic E-state index is 12.3. The van der Waals surface area contributed by atoms with E-state index in [0.29, 0.717) is 25.8 Å². The fourth-order valence-electron chi connectivity index (χ4n) is 2.63. The number of nitrogens with one attached hydrogen (secondary N) is 2. The summed E-state index contributed by atoms with van der Waals surface area (Å²) >= 11 is 0. The highest BCUT2D eigenvalue weighted by Gasteiger charge is 2.41. The summed E-state index contributed by atoms with van der Waals surface area (Å²) in [6.45, 7) is 2.15. The number of nitrogens with zero attached hydrogens (tertiary/aromatic N) is 1. The molecule has 0 aliphatic carbocycles. The van der Waals surface area contributed by atoms with Crippen molar-refractivity contribution in [2.24, 2.45) is 0 Å². The van der Waals surface area contributed by atoms with Crippen LogP contribution in [-0.4, -0.2) is 62.1 Å². The first-order chi connectivity index (χ1) is 8.57. The van der Waals surface area contributed by atoms with Crippen molar-refractivity contribution in [1.29, 1.82) is 0 Å². The van der Waals surface area contributed by atoms with Crippen LogP contribution >= 0.6 is 12.4 Å². The molecule has 110 valence electrons. The molecule has 2 amide bonds. The van der Waals surface area contributed by atoms with Crippen molar-refractivity contribution < 1.29 is 14.3 Å². The standard InChI is InChI=1S/C12H21N3O3.ClH/c1-15-8-9(7-10(15)16)14-11(17)12(18-2)3-5-13-6-4-12;/h9,13H,3-8H2,1-2H3,(H,14,17);1H. The van der Waals surface area contributed by atoms with Crippen LogP contribution in [-0.2, 0) is 14.3 Å². The summed E-state index contributed by atoms with van der Waals surface area (Å²) in [7, 11) is 3.34. The van der Waals surface area contributed by atoms with Crippen LogP contribution in [0.2, 0.25) is 0 Å². The number of hydrogen-bond donors (Lipinski definition) is 2. The first-order valence-electron chi connectivity index (χ1n) is 6.38. The summed E-state index contributed by atoms with van der Waals surface area (Å²) in [6.07, 6.45) is 1.73. The average Bonchev–Trinajstić information content (AvgIpc) is 2.69. The van der Waals surface area contributed by atoms with E-state index in [2.05, 4.69) is 10.6 Å². The van der Waals surface area contributed by atoms with Gasteiger partial charge in [0.1, 0.15) is 5.60 Å². The number of hydrogen-bond acceptors (Lipinski definition) is 4. The second-order valence-electron chi connectivity index (χ2n) is 5.10. The molecule has 1 atom stereocenters. The number of methoxy groups -OCH3 is 1. The van der Waals surface area contributed by atoms with Crippen molar-refractivity contribution >= 4 is 24.2 Å². The Bertz CT molecular complexity index is 345. The SMILES string of the molecule is COC1(C(=O)NC2CC(=O)N(C)C2)CCNCC1.Cl. The molecule has 0 bridgehead atoms. The van der Waals surface area contributed by atoms with E-state index in [9.17, 15) is 9.59 Å². The molecule has 0 radical (unpaired) electrons. The van der Waals surface area contributed by atoms with Crippen molar-refractivity contribution in [3.63, 3.8) is 0 Å². The lowest BCUT2D eigenvalue weighted by Crippen LogP contribution is -2.56. The normalized spacial score (nSPS) is 25.9. The predicted molar refractivity (Wildman–Crippen MR) is 73.3 cm³/mol. The Labute approximate surface area is 119 Å². The lowest BCUT2D eigenvalue weighted by Gasteiger charge is -2.35. The molecule has 0 saturated carbocycles. The Morgan fingerprint density at radius 1 is 1.47 bits per heavy atom. The lowest BCUT2D eigenvalue weighted by atomic mass is 9.90. The molecule has 0 aromatic heterocycles. The van der Waals surface area contributed by atoms with Gasteiger partial charge in [-0.3, -0.25) is 9.59 Å². The number of piperidine rings is 1. The third-order valence-corrected chi connectivity index (χ3v) is 3.89. The maximum atomic E-state index is 12.3. The molecule has 2 N–H and O–H groups in total. The highest BCUT2D eigenvalue weighted by Crippen LogP contribution is 2.23. The van der Waals surface area contributed by atoms with Gasteiger partial charge in [0.2, 0.25) is 5.91 Å². The van der Waals surface area contributed by atoms with Gasteiger partial charge in [-0.05, 0) is 25.9 Å². The van der Waals surface area contributed by atoms with Crippen LogP contribution in [0.15, 0.2) is 0 Å². The maximum Gasteiger partial charge on any atom is 0.252 e. The van der Waals surface area contributed by atoms with Crippen LogP contribution in [0.5, 0.6) is 0 Å². The van der Waals surface area contributed by atoms with E-state index >= 15 is 0 Å². The fourth-order valence-corrected chi connectivity index (χ4v) is 2.63. The van der Waals surface area contributed by atoms with Crippen LogP contribution < -0.4 is 10.6 Å². The first kappa shape index (κ1) is 16.2. The first-order valence-corrected chi connectivity index (χ1v) is 6.38. The number of carbonyl (C=O) groups excluding carboxylic acids is 2. The van der Waals surface area contributed by atoms with Gasteiger partial charge in [-0.1, -0.05) is 0 Å². The number of amides is 2. The number of halogens is 1. The van der Waals surface area contributed by atoms with Gasteiger partial charge in [0.25, 0.3) is 5.91 Å². The van der Waals surface area contributed by atoms with Gasteiger partial charge < -0.3 is 20.3 Å². The molecular weight excluding hydrogens is 270 g/mol. The molecule has 0 aromatic rings. The van der Waals surface area contributed by atoms with Crippen LogP contribution in [0.25, 0.3) is 0 Å². The van der Waals surface area contributed by atoms with Crippen molar-refractivity contribution in [2.75, 3.05) is 33.8 Å². The van der Waals surface area contributed by atoms with E-state index in [1.54, 1.807) is 19.1 Å². The highest BCUT2D eigenvalue weighted by molar-refractivity contribution is 5.87.